The van der Waals surface area contributed by atoms with Gasteiger partial charge < -0.3 is 5.32 Å². The Hall–Kier alpha value is -2.48. The molecule has 0 atom stereocenters. The van der Waals surface area contributed by atoms with Crippen LogP contribution in [0, 0.1) is 6.92 Å². The van der Waals surface area contributed by atoms with Crippen LogP contribution in [0.4, 0.5) is 5.69 Å². The Bertz CT molecular complexity index is 1010. The van der Waals surface area contributed by atoms with Gasteiger partial charge in [-0.2, -0.15) is 0 Å². The Kier molecular flexibility index (Phi) is 5.51. The van der Waals surface area contributed by atoms with E-state index in [0.29, 0.717) is 5.69 Å². The molecule has 0 spiro atoms. The van der Waals surface area contributed by atoms with Gasteiger partial charge in [-0.25, -0.2) is 13.1 Å². The van der Waals surface area contributed by atoms with Gasteiger partial charge >= 0.3 is 0 Å². The molecule has 0 saturated heterocycles. The van der Waals surface area contributed by atoms with Crippen molar-refractivity contribution in [2.75, 3.05) is 5.32 Å². The molecule has 0 saturated carbocycles. The standard InChI is InChI=1S/C19H18N2O3S2/c1-14-5-2-7-16(11-14)21-19(22)15-6-3-9-18(12-15)26(23,24)20-13-17-8-4-10-25-17/h2-12,20H,13H2,1H3,(H,21,22). The van der Waals surface area contributed by atoms with Crippen LogP contribution in [0.25, 0.3) is 0 Å². The maximum atomic E-state index is 12.5. The maximum Gasteiger partial charge on any atom is 0.255 e. The van der Waals surface area contributed by atoms with Crippen LogP contribution in [0.1, 0.15) is 20.8 Å². The SMILES string of the molecule is Cc1cccc(NC(=O)c2cccc(S(=O)(=O)NCc3cccs3)c2)c1. The highest BCUT2D eigenvalue weighted by atomic mass is 32.2. The fraction of sp³-hybridized carbons (Fsp3) is 0.105. The Labute approximate surface area is 156 Å². The predicted molar refractivity (Wildman–Crippen MR) is 104 cm³/mol. The van der Waals surface area contributed by atoms with Gasteiger partial charge in [-0.1, -0.05) is 24.3 Å². The molecule has 3 rings (SSSR count). The molecule has 2 aromatic carbocycles. The summed E-state index contributed by atoms with van der Waals surface area (Å²) in [4.78, 5) is 13.4. The molecule has 0 bridgehead atoms. The highest BCUT2D eigenvalue weighted by Crippen LogP contribution is 2.16. The summed E-state index contributed by atoms with van der Waals surface area (Å²) in [5, 5.41) is 4.67. The van der Waals surface area contributed by atoms with E-state index in [1.165, 1.54) is 23.5 Å². The zero-order chi connectivity index (χ0) is 18.6. The number of nitrogens with one attached hydrogen (secondary N) is 2. The summed E-state index contributed by atoms with van der Waals surface area (Å²) in [6.07, 6.45) is 0. The largest absolute Gasteiger partial charge is 0.322 e. The second-order valence-corrected chi connectivity index (χ2v) is 8.55. The number of hydrogen-bond donors (Lipinski definition) is 2. The van der Waals surface area contributed by atoms with Crippen LogP contribution in [0.15, 0.2) is 70.9 Å². The van der Waals surface area contributed by atoms with Crippen molar-refractivity contribution in [3.05, 3.63) is 82.0 Å². The fourth-order valence-corrected chi connectivity index (χ4v) is 4.18. The van der Waals surface area contributed by atoms with E-state index in [1.807, 2.05) is 42.6 Å². The molecule has 2 N–H and O–H groups in total. The number of benzene rings is 2. The minimum Gasteiger partial charge on any atom is -0.322 e. The molecule has 0 aliphatic carbocycles. The van der Waals surface area contributed by atoms with Crippen LogP contribution in [0.5, 0.6) is 0 Å². The predicted octanol–water partition coefficient (Wildman–Crippen LogP) is 3.79. The first-order valence-electron chi connectivity index (χ1n) is 7.94. The zero-order valence-corrected chi connectivity index (χ0v) is 15.7. The molecule has 0 unspecified atom stereocenters. The maximum absolute atomic E-state index is 12.5. The summed E-state index contributed by atoms with van der Waals surface area (Å²) < 4.78 is 27.5. The van der Waals surface area contributed by atoms with E-state index in [4.69, 9.17) is 0 Å². The number of sulfonamides is 1. The summed E-state index contributed by atoms with van der Waals surface area (Å²) in [6, 6.07) is 17.1. The molecule has 0 aliphatic heterocycles. The molecular weight excluding hydrogens is 368 g/mol. The van der Waals surface area contributed by atoms with E-state index < -0.39 is 10.0 Å². The summed E-state index contributed by atoms with van der Waals surface area (Å²) >= 11 is 1.48. The molecule has 1 amide bonds. The average molecular weight is 386 g/mol. The molecule has 0 radical (unpaired) electrons. The molecule has 134 valence electrons. The topological polar surface area (TPSA) is 75.3 Å². The van der Waals surface area contributed by atoms with Crippen LogP contribution in [0.2, 0.25) is 0 Å². The Morgan fingerprint density at radius 1 is 1.04 bits per heavy atom. The number of hydrogen-bond acceptors (Lipinski definition) is 4. The molecule has 0 fully saturated rings. The average Bonchev–Trinajstić information content (AvgIpc) is 3.14. The third kappa shape index (κ3) is 4.57. The smallest absolute Gasteiger partial charge is 0.255 e. The number of carbonyl (C=O) groups is 1. The van der Waals surface area contributed by atoms with Gasteiger partial charge in [0.05, 0.1) is 4.90 Å². The molecule has 1 heterocycles. The van der Waals surface area contributed by atoms with Gasteiger partial charge in [0, 0.05) is 22.7 Å². The van der Waals surface area contributed by atoms with Crippen LogP contribution in [-0.2, 0) is 16.6 Å². The van der Waals surface area contributed by atoms with Crippen LogP contribution < -0.4 is 10.0 Å². The van der Waals surface area contributed by atoms with E-state index in [0.717, 1.165) is 10.4 Å². The van der Waals surface area contributed by atoms with Crippen LogP contribution in [-0.4, -0.2) is 14.3 Å². The number of anilines is 1. The Balaban J connectivity index is 1.75. The number of aryl methyl sites for hydroxylation is 1. The molecule has 1 aromatic heterocycles. The van der Waals surface area contributed by atoms with E-state index in [2.05, 4.69) is 10.0 Å². The summed E-state index contributed by atoms with van der Waals surface area (Å²) in [7, 11) is -3.70. The van der Waals surface area contributed by atoms with Crippen molar-refractivity contribution >= 4 is 33.0 Å². The van der Waals surface area contributed by atoms with Gasteiger partial charge in [-0.15, -0.1) is 11.3 Å². The second kappa shape index (κ2) is 7.82. The quantitative estimate of drug-likeness (QED) is 0.677. The van der Waals surface area contributed by atoms with Crippen molar-refractivity contribution in [3.63, 3.8) is 0 Å². The molecule has 0 aliphatic rings. The fourth-order valence-electron chi connectivity index (χ4n) is 2.39. The van der Waals surface area contributed by atoms with Crippen LogP contribution >= 0.6 is 11.3 Å². The van der Waals surface area contributed by atoms with Crippen molar-refractivity contribution in [1.29, 1.82) is 0 Å². The molecule has 7 heteroatoms. The molecule has 26 heavy (non-hydrogen) atoms. The molecular formula is C19H18N2O3S2. The van der Waals surface area contributed by atoms with Gasteiger partial charge in [-0.3, -0.25) is 4.79 Å². The Morgan fingerprint density at radius 2 is 1.85 bits per heavy atom. The van der Waals surface area contributed by atoms with Crippen molar-refractivity contribution < 1.29 is 13.2 Å². The first kappa shape index (κ1) is 18.3. The summed E-state index contributed by atoms with van der Waals surface area (Å²) in [5.41, 5.74) is 1.97. The number of amides is 1. The van der Waals surface area contributed by atoms with E-state index in [1.54, 1.807) is 18.2 Å². The van der Waals surface area contributed by atoms with E-state index in [9.17, 15) is 13.2 Å². The van der Waals surface area contributed by atoms with Gasteiger partial charge in [0.1, 0.15) is 0 Å². The first-order valence-corrected chi connectivity index (χ1v) is 10.3. The highest BCUT2D eigenvalue weighted by molar-refractivity contribution is 7.89. The van der Waals surface area contributed by atoms with Crippen LogP contribution in [0.3, 0.4) is 0 Å². The lowest BCUT2D eigenvalue weighted by atomic mass is 10.2. The number of rotatable bonds is 6. The lowest BCUT2D eigenvalue weighted by Crippen LogP contribution is -2.23. The monoisotopic (exact) mass is 386 g/mol. The Morgan fingerprint density at radius 3 is 2.58 bits per heavy atom. The summed E-state index contributed by atoms with van der Waals surface area (Å²) in [5.74, 6) is -0.356. The van der Waals surface area contributed by atoms with Gasteiger partial charge in [0.15, 0.2) is 0 Å². The van der Waals surface area contributed by atoms with Crippen molar-refractivity contribution in [2.45, 2.75) is 18.4 Å². The van der Waals surface area contributed by atoms with Gasteiger partial charge in [0.2, 0.25) is 10.0 Å². The van der Waals surface area contributed by atoms with Crippen molar-refractivity contribution in [2.24, 2.45) is 0 Å². The minimum atomic E-state index is -3.70. The third-order valence-corrected chi connectivity index (χ3v) is 5.97. The number of carbonyl (C=O) groups excluding carboxylic acids is 1. The zero-order valence-electron chi connectivity index (χ0n) is 14.1. The molecule has 3 aromatic rings. The minimum absolute atomic E-state index is 0.0611. The lowest BCUT2D eigenvalue weighted by Gasteiger charge is -2.09. The van der Waals surface area contributed by atoms with E-state index in [-0.39, 0.29) is 22.9 Å². The van der Waals surface area contributed by atoms with Crippen molar-refractivity contribution in [1.82, 2.24) is 4.72 Å². The molecule has 5 nitrogen and oxygen atoms in total. The highest BCUT2D eigenvalue weighted by Gasteiger charge is 2.16. The van der Waals surface area contributed by atoms with Crippen molar-refractivity contribution in [3.8, 4) is 0 Å². The van der Waals surface area contributed by atoms with Gasteiger partial charge in [0.25, 0.3) is 5.91 Å². The summed E-state index contributed by atoms with van der Waals surface area (Å²) in [6.45, 7) is 2.15. The van der Waals surface area contributed by atoms with Gasteiger partial charge in [-0.05, 0) is 54.3 Å². The normalized spacial score (nSPS) is 11.3. The first-order chi connectivity index (χ1) is 12.4. The third-order valence-electron chi connectivity index (χ3n) is 3.70. The van der Waals surface area contributed by atoms with E-state index >= 15 is 0 Å². The lowest BCUT2D eigenvalue weighted by molar-refractivity contribution is 0.102. The second-order valence-electron chi connectivity index (χ2n) is 5.76. The number of thiophene rings is 1.